The van der Waals surface area contributed by atoms with Crippen molar-refractivity contribution in [2.24, 2.45) is 0 Å². The smallest absolute Gasteiger partial charge is 0.239 e. The number of aromatic nitrogens is 1. The van der Waals surface area contributed by atoms with Crippen LogP contribution in [0.15, 0.2) is 30.5 Å². The monoisotopic (exact) mass is 203 g/mol. The van der Waals surface area contributed by atoms with Crippen molar-refractivity contribution >= 4 is 22.5 Å². The maximum Gasteiger partial charge on any atom is 0.239 e. The van der Waals surface area contributed by atoms with Gasteiger partial charge in [0.2, 0.25) is 5.91 Å². The van der Waals surface area contributed by atoms with Gasteiger partial charge in [0, 0.05) is 29.8 Å². The molecule has 0 aliphatic rings. The molecule has 1 heterocycles. The molecular weight excluding hydrogens is 190 g/mol. The highest BCUT2D eigenvalue weighted by atomic mass is 16.1. The molecule has 1 aromatic heterocycles. The molecular formula is C11H13N3O. The SMILES string of the molecule is CNC(=O)Cn1ccc2cc(N)ccc21. The van der Waals surface area contributed by atoms with Crippen molar-refractivity contribution in [3.05, 3.63) is 30.5 Å². The van der Waals surface area contributed by atoms with Crippen LogP contribution >= 0.6 is 0 Å². The Labute approximate surface area is 87.7 Å². The second-order valence-electron chi connectivity index (χ2n) is 3.44. The maximum atomic E-state index is 11.2. The summed E-state index contributed by atoms with van der Waals surface area (Å²) in [5.74, 6) is -0.00988. The van der Waals surface area contributed by atoms with Gasteiger partial charge in [0.05, 0.1) is 0 Å². The first-order chi connectivity index (χ1) is 7.20. The van der Waals surface area contributed by atoms with Gasteiger partial charge in [0.15, 0.2) is 0 Å². The first-order valence-electron chi connectivity index (χ1n) is 4.75. The summed E-state index contributed by atoms with van der Waals surface area (Å²) in [7, 11) is 1.63. The number of nitrogens with one attached hydrogen (secondary N) is 1. The summed E-state index contributed by atoms with van der Waals surface area (Å²) in [6.45, 7) is 0.337. The van der Waals surface area contributed by atoms with Crippen LogP contribution in [0.25, 0.3) is 10.9 Å². The van der Waals surface area contributed by atoms with Gasteiger partial charge < -0.3 is 15.6 Å². The molecule has 0 aliphatic heterocycles. The molecule has 2 rings (SSSR count). The predicted molar refractivity (Wildman–Crippen MR) is 60.4 cm³/mol. The van der Waals surface area contributed by atoms with E-state index < -0.39 is 0 Å². The number of rotatable bonds is 2. The average molecular weight is 203 g/mol. The van der Waals surface area contributed by atoms with Gasteiger partial charge in [0.1, 0.15) is 6.54 Å². The summed E-state index contributed by atoms with van der Waals surface area (Å²) in [4.78, 5) is 11.2. The quantitative estimate of drug-likeness (QED) is 0.714. The Morgan fingerprint density at radius 1 is 1.47 bits per heavy atom. The van der Waals surface area contributed by atoms with Gasteiger partial charge in [-0.1, -0.05) is 0 Å². The van der Waals surface area contributed by atoms with E-state index in [1.54, 1.807) is 7.05 Å². The second-order valence-corrected chi connectivity index (χ2v) is 3.44. The molecule has 15 heavy (non-hydrogen) atoms. The number of fused-ring (bicyclic) bond motifs is 1. The van der Waals surface area contributed by atoms with Crippen LogP contribution in [0.4, 0.5) is 5.69 Å². The number of nitrogens with zero attached hydrogens (tertiary/aromatic N) is 1. The molecule has 0 radical (unpaired) electrons. The van der Waals surface area contributed by atoms with Crippen molar-refractivity contribution in [1.29, 1.82) is 0 Å². The molecule has 0 spiro atoms. The minimum atomic E-state index is -0.00988. The number of anilines is 1. The zero-order valence-electron chi connectivity index (χ0n) is 8.53. The lowest BCUT2D eigenvalue weighted by Crippen LogP contribution is -2.22. The third kappa shape index (κ3) is 1.79. The normalized spacial score (nSPS) is 10.5. The molecule has 0 fully saturated rings. The van der Waals surface area contributed by atoms with Crippen molar-refractivity contribution in [3.8, 4) is 0 Å². The summed E-state index contributed by atoms with van der Waals surface area (Å²) >= 11 is 0. The summed E-state index contributed by atoms with van der Waals surface area (Å²) in [5, 5.41) is 3.65. The van der Waals surface area contributed by atoms with Crippen molar-refractivity contribution in [2.75, 3.05) is 12.8 Å². The fourth-order valence-electron chi connectivity index (χ4n) is 1.59. The molecule has 1 amide bonds. The van der Waals surface area contributed by atoms with Crippen molar-refractivity contribution in [2.45, 2.75) is 6.54 Å². The Kier molecular flexibility index (Phi) is 2.33. The molecule has 3 N–H and O–H groups in total. The largest absolute Gasteiger partial charge is 0.399 e. The van der Waals surface area contributed by atoms with Crippen LogP contribution in [0.1, 0.15) is 0 Å². The predicted octanol–water partition coefficient (Wildman–Crippen LogP) is 0.969. The molecule has 0 aliphatic carbocycles. The summed E-state index contributed by atoms with van der Waals surface area (Å²) < 4.78 is 1.90. The topological polar surface area (TPSA) is 60.0 Å². The molecule has 1 aromatic carbocycles. The fourth-order valence-corrected chi connectivity index (χ4v) is 1.59. The van der Waals surface area contributed by atoms with E-state index >= 15 is 0 Å². The Morgan fingerprint density at radius 3 is 3.00 bits per heavy atom. The third-order valence-corrected chi connectivity index (χ3v) is 2.39. The molecule has 4 heteroatoms. The van der Waals surface area contributed by atoms with Crippen LogP contribution < -0.4 is 11.1 Å². The number of benzene rings is 1. The lowest BCUT2D eigenvalue weighted by Gasteiger charge is -2.04. The van der Waals surface area contributed by atoms with Gasteiger partial charge in [-0.2, -0.15) is 0 Å². The van der Waals surface area contributed by atoms with Crippen LogP contribution in [-0.2, 0) is 11.3 Å². The van der Waals surface area contributed by atoms with Gasteiger partial charge in [-0.05, 0) is 24.3 Å². The standard InChI is InChI=1S/C11H13N3O/c1-13-11(15)7-14-5-4-8-6-9(12)2-3-10(8)14/h2-6H,7,12H2,1H3,(H,13,15). The number of likely N-dealkylation sites (N-methyl/N-ethyl adjacent to an activating group) is 1. The van der Waals surface area contributed by atoms with E-state index in [1.165, 1.54) is 0 Å². The summed E-state index contributed by atoms with van der Waals surface area (Å²) in [6, 6.07) is 7.61. The number of carbonyl (C=O) groups excluding carboxylic acids is 1. The van der Waals surface area contributed by atoms with Crippen LogP contribution in [-0.4, -0.2) is 17.5 Å². The Bertz CT molecular complexity index is 502. The number of amides is 1. The van der Waals surface area contributed by atoms with Gasteiger partial charge in [-0.15, -0.1) is 0 Å². The molecule has 0 saturated carbocycles. The van der Waals surface area contributed by atoms with E-state index in [0.717, 1.165) is 16.6 Å². The first kappa shape index (κ1) is 9.58. The third-order valence-electron chi connectivity index (χ3n) is 2.39. The Balaban J connectivity index is 2.41. The van der Waals surface area contributed by atoms with E-state index in [4.69, 9.17) is 5.73 Å². The van der Waals surface area contributed by atoms with E-state index in [-0.39, 0.29) is 5.91 Å². The van der Waals surface area contributed by atoms with Crippen LogP contribution in [0.5, 0.6) is 0 Å². The van der Waals surface area contributed by atoms with E-state index in [9.17, 15) is 4.79 Å². The van der Waals surface area contributed by atoms with Crippen molar-refractivity contribution in [3.63, 3.8) is 0 Å². The zero-order chi connectivity index (χ0) is 10.8. The highest BCUT2D eigenvalue weighted by molar-refractivity contribution is 5.85. The molecule has 0 bridgehead atoms. The van der Waals surface area contributed by atoms with Gasteiger partial charge >= 0.3 is 0 Å². The lowest BCUT2D eigenvalue weighted by molar-refractivity contribution is -0.121. The molecule has 0 saturated heterocycles. The molecule has 78 valence electrons. The number of nitrogens with two attached hydrogens (primary N) is 1. The lowest BCUT2D eigenvalue weighted by atomic mass is 10.2. The zero-order valence-corrected chi connectivity index (χ0v) is 8.53. The maximum absolute atomic E-state index is 11.2. The Hall–Kier alpha value is -1.97. The highest BCUT2D eigenvalue weighted by Gasteiger charge is 2.04. The van der Waals surface area contributed by atoms with Gasteiger partial charge in [0.25, 0.3) is 0 Å². The van der Waals surface area contributed by atoms with Crippen LogP contribution in [0.3, 0.4) is 0 Å². The van der Waals surface area contributed by atoms with Crippen LogP contribution in [0, 0.1) is 0 Å². The van der Waals surface area contributed by atoms with E-state index in [1.807, 2.05) is 35.0 Å². The van der Waals surface area contributed by atoms with E-state index in [2.05, 4.69) is 5.32 Å². The molecule has 0 atom stereocenters. The minimum absolute atomic E-state index is 0.00988. The fraction of sp³-hybridized carbons (Fsp3) is 0.182. The molecule has 4 nitrogen and oxygen atoms in total. The van der Waals surface area contributed by atoms with Crippen molar-refractivity contribution < 1.29 is 4.79 Å². The van der Waals surface area contributed by atoms with Crippen molar-refractivity contribution in [1.82, 2.24) is 9.88 Å². The summed E-state index contributed by atoms with van der Waals surface area (Å²) in [5.41, 5.74) is 7.43. The number of nitrogen functional groups attached to an aromatic ring is 1. The first-order valence-corrected chi connectivity index (χ1v) is 4.75. The highest BCUT2D eigenvalue weighted by Crippen LogP contribution is 2.18. The summed E-state index contributed by atoms with van der Waals surface area (Å²) in [6.07, 6.45) is 1.89. The van der Waals surface area contributed by atoms with Gasteiger partial charge in [-0.3, -0.25) is 4.79 Å². The second kappa shape index (κ2) is 3.65. The van der Waals surface area contributed by atoms with Crippen LogP contribution in [0.2, 0.25) is 0 Å². The number of hydrogen-bond donors (Lipinski definition) is 2. The number of hydrogen-bond acceptors (Lipinski definition) is 2. The Morgan fingerprint density at radius 2 is 2.27 bits per heavy atom. The van der Waals surface area contributed by atoms with Gasteiger partial charge in [-0.25, -0.2) is 0 Å². The molecule has 2 aromatic rings. The van der Waals surface area contributed by atoms with E-state index in [0.29, 0.717) is 6.54 Å². The molecule has 0 unspecified atom stereocenters. The number of carbonyl (C=O) groups is 1. The minimum Gasteiger partial charge on any atom is -0.399 e. The average Bonchev–Trinajstić information content (AvgIpc) is 2.60.